The molecule has 1 amide bonds. The number of nitrogens with one attached hydrogen (secondary N) is 1. The monoisotopic (exact) mass is 475 g/mol. The van der Waals surface area contributed by atoms with E-state index in [0.29, 0.717) is 0 Å². The molecule has 2 rings (SSSR count). The van der Waals surface area contributed by atoms with E-state index in [1.54, 1.807) is 20.8 Å². The molecule has 1 aliphatic heterocycles. The molecule has 33 heavy (non-hydrogen) atoms. The van der Waals surface area contributed by atoms with Crippen LogP contribution in [0.15, 0.2) is 10.2 Å². The van der Waals surface area contributed by atoms with Crippen molar-refractivity contribution < 1.29 is 44.5 Å². The number of aliphatic hydroxyl groups excluding tert-OH is 5. The van der Waals surface area contributed by atoms with Crippen LogP contribution in [0, 0.1) is 0 Å². The summed E-state index contributed by atoms with van der Waals surface area (Å²) in [4.78, 5) is 17.4. The SMILES string of the molecule is CC(C)(C)OC(=O)N[C@@H]1CC(N=[N+]=[N-])[C@@H](O[C@H]2OC(CO)[C@@H](O)[C@H](O)C2N=[N+]=[N-])C(O)[C@@H]1O. The summed E-state index contributed by atoms with van der Waals surface area (Å²) in [6, 6.07) is -3.69. The first-order valence-corrected chi connectivity index (χ1v) is 10.2. The van der Waals surface area contributed by atoms with Crippen molar-refractivity contribution in [2.24, 2.45) is 10.2 Å². The average Bonchev–Trinajstić information content (AvgIpc) is 2.72. The molecule has 0 aromatic rings. The summed E-state index contributed by atoms with van der Waals surface area (Å²) < 4.78 is 16.2. The predicted octanol–water partition coefficient (Wildman–Crippen LogP) is -0.813. The molecule has 1 saturated carbocycles. The van der Waals surface area contributed by atoms with Gasteiger partial charge < -0.3 is 45.1 Å². The summed E-state index contributed by atoms with van der Waals surface area (Å²) in [5.41, 5.74) is 16.9. The largest absolute Gasteiger partial charge is 0.444 e. The Morgan fingerprint density at radius 2 is 1.73 bits per heavy atom. The van der Waals surface area contributed by atoms with Crippen LogP contribution in [0.3, 0.4) is 0 Å². The maximum absolute atomic E-state index is 12.1. The fourth-order valence-electron chi connectivity index (χ4n) is 3.66. The highest BCUT2D eigenvalue weighted by molar-refractivity contribution is 5.68. The van der Waals surface area contributed by atoms with Gasteiger partial charge in [-0.15, -0.1) is 0 Å². The molecular formula is C17H29N7O9. The van der Waals surface area contributed by atoms with Crippen LogP contribution < -0.4 is 5.32 Å². The first kappa shape index (κ1) is 26.9. The van der Waals surface area contributed by atoms with Gasteiger partial charge in [-0.2, -0.15) is 0 Å². The first-order chi connectivity index (χ1) is 15.4. The second kappa shape index (κ2) is 11.2. The minimum atomic E-state index is -1.72. The van der Waals surface area contributed by atoms with Crippen molar-refractivity contribution in [2.75, 3.05) is 6.61 Å². The van der Waals surface area contributed by atoms with Crippen molar-refractivity contribution in [1.82, 2.24) is 5.32 Å². The highest BCUT2D eigenvalue weighted by Crippen LogP contribution is 2.31. The van der Waals surface area contributed by atoms with Crippen LogP contribution >= 0.6 is 0 Å². The van der Waals surface area contributed by atoms with Gasteiger partial charge in [0.1, 0.15) is 36.1 Å². The zero-order valence-electron chi connectivity index (χ0n) is 18.2. The minimum Gasteiger partial charge on any atom is -0.444 e. The van der Waals surface area contributed by atoms with Crippen LogP contribution in [0.5, 0.6) is 0 Å². The Bertz CT molecular complexity index is 783. The Morgan fingerprint density at radius 1 is 1.09 bits per heavy atom. The normalized spacial score (nSPS) is 39.0. The van der Waals surface area contributed by atoms with Gasteiger partial charge in [0.05, 0.1) is 30.9 Å². The van der Waals surface area contributed by atoms with E-state index >= 15 is 0 Å². The van der Waals surface area contributed by atoms with Gasteiger partial charge in [0.25, 0.3) is 0 Å². The van der Waals surface area contributed by atoms with Gasteiger partial charge in [-0.05, 0) is 38.3 Å². The topological polar surface area (TPSA) is 255 Å². The zero-order chi connectivity index (χ0) is 24.9. The molecule has 10 atom stereocenters. The second-order valence-electron chi connectivity index (χ2n) is 8.74. The fraction of sp³-hybridized carbons (Fsp3) is 0.941. The number of carbonyl (C=O) groups excluding carboxylic acids is 1. The fourth-order valence-corrected chi connectivity index (χ4v) is 3.66. The Hall–Kier alpha value is -2.39. The van der Waals surface area contributed by atoms with E-state index in [1.807, 2.05) is 0 Å². The summed E-state index contributed by atoms with van der Waals surface area (Å²) in [5.74, 6) is 0. The number of hydrogen-bond acceptors (Lipinski definition) is 11. The number of amides is 1. The molecule has 1 saturated heterocycles. The number of carbonyl (C=O) groups is 1. The molecule has 2 aliphatic rings. The van der Waals surface area contributed by atoms with Gasteiger partial charge in [0.2, 0.25) is 0 Å². The summed E-state index contributed by atoms with van der Waals surface area (Å²) in [6.07, 6.45) is -11.9. The maximum atomic E-state index is 12.1. The first-order valence-electron chi connectivity index (χ1n) is 10.2. The third kappa shape index (κ3) is 6.57. The molecular weight excluding hydrogens is 446 g/mol. The molecule has 16 nitrogen and oxygen atoms in total. The standard InChI is InChI=1S/C17H29N7O9/c1-17(2,3)33-16(30)20-6-4-7(21-23-18)14(13(29)10(6)26)32-15-9(22-24-19)12(28)11(27)8(5-25)31-15/h6-15,25-29H,4-5H2,1-3H3,(H,20,30)/t6-,7?,8?,9?,10-,11-,12-,13?,14-,15-/m1/s1. The average molecular weight is 475 g/mol. The van der Waals surface area contributed by atoms with E-state index < -0.39 is 79.3 Å². The molecule has 0 bridgehead atoms. The van der Waals surface area contributed by atoms with Crippen molar-refractivity contribution in [1.29, 1.82) is 0 Å². The number of azide groups is 2. The Kier molecular flexibility index (Phi) is 9.08. The lowest BCUT2D eigenvalue weighted by atomic mass is 9.84. The Morgan fingerprint density at radius 3 is 2.27 bits per heavy atom. The lowest BCUT2D eigenvalue weighted by Crippen LogP contribution is -2.64. The van der Waals surface area contributed by atoms with Crippen LogP contribution in [0.25, 0.3) is 20.9 Å². The van der Waals surface area contributed by atoms with Crippen LogP contribution in [0.4, 0.5) is 4.79 Å². The molecule has 0 radical (unpaired) electrons. The van der Waals surface area contributed by atoms with Crippen molar-refractivity contribution in [3.8, 4) is 0 Å². The van der Waals surface area contributed by atoms with E-state index in [9.17, 15) is 30.3 Å². The van der Waals surface area contributed by atoms with Crippen LogP contribution in [-0.4, -0.2) is 105 Å². The highest BCUT2D eigenvalue weighted by Gasteiger charge is 2.50. The number of rotatable bonds is 6. The van der Waals surface area contributed by atoms with E-state index in [0.717, 1.165) is 0 Å². The zero-order valence-corrected chi connectivity index (χ0v) is 18.2. The summed E-state index contributed by atoms with van der Waals surface area (Å²) in [6.45, 7) is 4.21. The van der Waals surface area contributed by atoms with Gasteiger partial charge in [0, 0.05) is 9.82 Å². The number of nitrogens with zero attached hydrogens (tertiary/aromatic N) is 6. The van der Waals surface area contributed by atoms with E-state index in [-0.39, 0.29) is 6.42 Å². The Balaban J connectivity index is 2.24. The van der Waals surface area contributed by atoms with Gasteiger partial charge in [0.15, 0.2) is 6.29 Å². The van der Waals surface area contributed by atoms with Crippen LogP contribution in [0.1, 0.15) is 27.2 Å². The molecule has 4 unspecified atom stereocenters. The molecule has 0 spiro atoms. The highest BCUT2D eigenvalue weighted by atomic mass is 16.7. The molecule has 0 aromatic heterocycles. The number of alkyl carbamates (subject to hydrolysis) is 1. The lowest BCUT2D eigenvalue weighted by Gasteiger charge is -2.45. The maximum Gasteiger partial charge on any atom is 0.407 e. The van der Waals surface area contributed by atoms with Crippen LogP contribution in [-0.2, 0) is 14.2 Å². The summed E-state index contributed by atoms with van der Waals surface area (Å²) in [7, 11) is 0. The summed E-state index contributed by atoms with van der Waals surface area (Å²) >= 11 is 0. The molecule has 2 fully saturated rings. The minimum absolute atomic E-state index is 0.167. The number of ether oxygens (including phenoxy) is 3. The van der Waals surface area contributed by atoms with Gasteiger partial charge in [-0.1, -0.05) is 10.2 Å². The Labute approximate surface area is 188 Å². The number of hydrogen-bond donors (Lipinski definition) is 6. The molecule has 1 aliphatic carbocycles. The van der Waals surface area contributed by atoms with Crippen LogP contribution in [0.2, 0.25) is 0 Å². The van der Waals surface area contributed by atoms with Gasteiger partial charge in [-0.25, -0.2) is 4.79 Å². The lowest BCUT2D eigenvalue weighted by molar-refractivity contribution is -0.294. The molecule has 16 heteroatoms. The molecule has 1 heterocycles. The smallest absolute Gasteiger partial charge is 0.407 e. The van der Waals surface area contributed by atoms with E-state index in [2.05, 4.69) is 25.4 Å². The van der Waals surface area contributed by atoms with Crippen molar-refractivity contribution in [2.45, 2.75) is 93.8 Å². The van der Waals surface area contributed by atoms with E-state index in [1.165, 1.54) is 0 Å². The molecule has 186 valence electrons. The van der Waals surface area contributed by atoms with Gasteiger partial charge in [-0.3, -0.25) is 0 Å². The number of aliphatic hydroxyl groups is 5. The summed E-state index contributed by atoms with van der Waals surface area (Å²) in [5, 5.41) is 60.2. The third-order valence-electron chi connectivity index (χ3n) is 5.20. The van der Waals surface area contributed by atoms with Crippen molar-refractivity contribution in [3.05, 3.63) is 20.9 Å². The third-order valence-corrected chi connectivity index (χ3v) is 5.20. The predicted molar refractivity (Wildman–Crippen MR) is 108 cm³/mol. The molecule has 0 aromatic carbocycles. The molecule has 6 N–H and O–H groups in total. The second-order valence-corrected chi connectivity index (χ2v) is 8.74. The van der Waals surface area contributed by atoms with Crippen molar-refractivity contribution >= 4 is 6.09 Å². The van der Waals surface area contributed by atoms with E-state index in [4.69, 9.17) is 25.3 Å². The van der Waals surface area contributed by atoms with Crippen molar-refractivity contribution in [3.63, 3.8) is 0 Å². The quantitative estimate of drug-likeness (QED) is 0.159. The van der Waals surface area contributed by atoms with Gasteiger partial charge >= 0.3 is 6.09 Å².